The number of hydrogen-bond donors (Lipinski definition) is 0. The van der Waals surface area contributed by atoms with Gasteiger partial charge in [-0.15, -0.1) is 0 Å². The molecule has 2 aromatic rings. The van der Waals surface area contributed by atoms with E-state index in [4.69, 9.17) is 4.74 Å². The minimum absolute atomic E-state index is 0.926. The van der Waals surface area contributed by atoms with E-state index in [1.165, 1.54) is 147 Å². The molecule has 2 aromatic carbocycles. The van der Waals surface area contributed by atoms with Crippen LogP contribution in [0.3, 0.4) is 0 Å². The van der Waals surface area contributed by atoms with Gasteiger partial charge in [0.2, 0.25) is 0 Å². The van der Waals surface area contributed by atoms with Gasteiger partial charge in [0.1, 0.15) is 11.5 Å². The number of ether oxygens (including phenoxy) is 1. The Kier molecular flexibility index (Phi) is 18.9. The molecule has 1 heteroatoms. The molecule has 37 heavy (non-hydrogen) atoms. The lowest BCUT2D eigenvalue weighted by molar-refractivity contribution is 0.481. The fourth-order valence-electron chi connectivity index (χ4n) is 5.37. The Morgan fingerprint density at radius 3 is 1.32 bits per heavy atom. The van der Waals surface area contributed by atoms with E-state index >= 15 is 0 Å². The fourth-order valence-corrected chi connectivity index (χ4v) is 5.37. The molecule has 0 bridgehead atoms. The molecule has 1 nitrogen and oxygen atoms in total. The molecular formula is C36H58O. The maximum atomic E-state index is 6.18. The topological polar surface area (TPSA) is 9.23 Å². The van der Waals surface area contributed by atoms with E-state index in [0.717, 1.165) is 11.5 Å². The molecule has 0 fully saturated rings. The molecule has 0 atom stereocenters. The number of rotatable bonds is 24. The van der Waals surface area contributed by atoms with Crippen LogP contribution in [0, 0.1) is 0 Å². The molecule has 0 aliphatic carbocycles. The molecule has 0 saturated carbocycles. The van der Waals surface area contributed by atoms with E-state index < -0.39 is 0 Å². The lowest BCUT2D eigenvalue weighted by Crippen LogP contribution is -1.97. The summed E-state index contributed by atoms with van der Waals surface area (Å²) in [6.45, 7) is 4.60. The summed E-state index contributed by atoms with van der Waals surface area (Å²) in [4.78, 5) is 0. The van der Waals surface area contributed by atoms with Crippen molar-refractivity contribution in [1.29, 1.82) is 0 Å². The largest absolute Gasteiger partial charge is 0.457 e. The van der Waals surface area contributed by atoms with Crippen molar-refractivity contribution in [2.75, 3.05) is 0 Å². The van der Waals surface area contributed by atoms with E-state index in [-0.39, 0.29) is 0 Å². The zero-order valence-corrected chi connectivity index (χ0v) is 24.6. The summed E-state index contributed by atoms with van der Waals surface area (Å²) < 4.78 is 6.18. The molecule has 0 unspecified atom stereocenters. The maximum absolute atomic E-state index is 6.18. The summed E-state index contributed by atoms with van der Waals surface area (Å²) in [5, 5.41) is 0. The van der Waals surface area contributed by atoms with Gasteiger partial charge in [-0.25, -0.2) is 0 Å². The Morgan fingerprint density at radius 2 is 0.838 bits per heavy atom. The van der Waals surface area contributed by atoms with E-state index in [9.17, 15) is 0 Å². The first kappa shape index (κ1) is 31.5. The zero-order valence-electron chi connectivity index (χ0n) is 24.6. The Morgan fingerprint density at radius 1 is 0.405 bits per heavy atom. The van der Waals surface area contributed by atoms with Gasteiger partial charge in [-0.1, -0.05) is 154 Å². The van der Waals surface area contributed by atoms with E-state index in [2.05, 4.69) is 32.0 Å². The summed E-state index contributed by atoms with van der Waals surface area (Å²) in [5.41, 5.74) is 3.07. The molecule has 0 saturated heterocycles. The van der Waals surface area contributed by atoms with Gasteiger partial charge in [0.15, 0.2) is 0 Å². The number of para-hydroxylation sites is 1. The third-order valence-corrected chi connectivity index (χ3v) is 7.76. The monoisotopic (exact) mass is 506 g/mol. The molecule has 0 aliphatic heterocycles. The van der Waals surface area contributed by atoms with Crippen LogP contribution < -0.4 is 4.74 Å². The predicted octanol–water partition coefficient (Wildman–Crippen LogP) is 12.4. The maximum Gasteiger partial charge on any atom is 0.127 e. The van der Waals surface area contributed by atoms with Crippen molar-refractivity contribution in [2.45, 2.75) is 155 Å². The Labute approximate surface area is 230 Å². The highest BCUT2D eigenvalue weighted by Crippen LogP contribution is 2.26. The third kappa shape index (κ3) is 15.9. The average Bonchev–Trinajstić information content (AvgIpc) is 2.92. The molecule has 0 N–H and O–H groups in total. The van der Waals surface area contributed by atoms with Crippen molar-refractivity contribution >= 4 is 0 Å². The average molecular weight is 507 g/mol. The lowest BCUT2D eigenvalue weighted by Gasteiger charge is -2.13. The van der Waals surface area contributed by atoms with Crippen LogP contribution in [0.2, 0.25) is 0 Å². The van der Waals surface area contributed by atoms with Crippen molar-refractivity contribution in [3.63, 3.8) is 0 Å². The standard InChI is InChI=1S/C36H58O/c1-3-5-7-9-11-13-15-17-19-22-26-33-30-31-36(37-35-28-24-21-25-29-35)32-34(33)27-23-20-18-16-14-12-10-8-6-4-2/h21,24-25,28-32H,3-20,22-23,26-27H2,1-2H3. The molecular weight excluding hydrogens is 448 g/mol. The number of unbranched alkanes of at least 4 members (excludes halogenated alkanes) is 18. The van der Waals surface area contributed by atoms with Gasteiger partial charge in [-0.05, 0) is 61.1 Å². The van der Waals surface area contributed by atoms with Gasteiger partial charge < -0.3 is 4.74 Å². The van der Waals surface area contributed by atoms with Crippen molar-refractivity contribution < 1.29 is 4.74 Å². The zero-order chi connectivity index (χ0) is 26.2. The summed E-state index contributed by atoms with van der Waals surface area (Å²) >= 11 is 0. The summed E-state index contributed by atoms with van der Waals surface area (Å²) in [5.74, 6) is 1.91. The molecule has 0 aliphatic rings. The van der Waals surface area contributed by atoms with Gasteiger partial charge in [-0.3, -0.25) is 0 Å². The normalized spacial score (nSPS) is 11.2. The molecule has 0 amide bonds. The van der Waals surface area contributed by atoms with Crippen LogP contribution >= 0.6 is 0 Å². The highest BCUT2D eigenvalue weighted by Gasteiger charge is 2.07. The second-order valence-corrected chi connectivity index (χ2v) is 11.2. The second kappa shape index (κ2) is 22.2. The highest BCUT2D eigenvalue weighted by atomic mass is 16.5. The fraction of sp³-hybridized carbons (Fsp3) is 0.667. The SMILES string of the molecule is CCCCCCCCCCCCc1ccc(Oc2ccccc2)cc1CCCCCCCCCCCC. The Balaban J connectivity index is 1.73. The van der Waals surface area contributed by atoms with Crippen LogP contribution in [-0.2, 0) is 12.8 Å². The molecule has 2 rings (SSSR count). The van der Waals surface area contributed by atoms with Crippen molar-refractivity contribution in [3.8, 4) is 11.5 Å². The van der Waals surface area contributed by atoms with Crippen LogP contribution in [-0.4, -0.2) is 0 Å². The van der Waals surface area contributed by atoms with Gasteiger partial charge in [0.25, 0.3) is 0 Å². The van der Waals surface area contributed by atoms with E-state index in [0.29, 0.717) is 0 Å². The quantitative estimate of drug-likeness (QED) is 0.129. The second-order valence-electron chi connectivity index (χ2n) is 11.2. The first-order chi connectivity index (χ1) is 18.3. The molecule has 0 spiro atoms. The predicted molar refractivity (Wildman–Crippen MR) is 164 cm³/mol. The minimum atomic E-state index is 0.926. The first-order valence-corrected chi connectivity index (χ1v) is 16.2. The first-order valence-electron chi connectivity index (χ1n) is 16.2. The molecule has 0 aromatic heterocycles. The summed E-state index contributed by atoms with van der Waals surface area (Å²) in [6.07, 6.45) is 30.4. The van der Waals surface area contributed by atoms with Gasteiger partial charge >= 0.3 is 0 Å². The van der Waals surface area contributed by atoms with Crippen LogP contribution in [0.15, 0.2) is 48.5 Å². The van der Waals surface area contributed by atoms with E-state index in [1.54, 1.807) is 5.56 Å². The number of aryl methyl sites for hydroxylation is 2. The number of benzene rings is 2. The third-order valence-electron chi connectivity index (χ3n) is 7.76. The summed E-state index contributed by atoms with van der Waals surface area (Å²) in [7, 11) is 0. The van der Waals surface area contributed by atoms with Crippen molar-refractivity contribution in [3.05, 3.63) is 59.7 Å². The molecule has 208 valence electrons. The minimum Gasteiger partial charge on any atom is -0.457 e. The Bertz CT molecular complexity index is 765. The van der Waals surface area contributed by atoms with Crippen molar-refractivity contribution in [1.82, 2.24) is 0 Å². The van der Waals surface area contributed by atoms with E-state index in [1.807, 2.05) is 30.3 Å². The summed E-state index contributed by atoms with van der Waals surface area (Å²) in [6, 6.07) is 17.1. The highest BCUT2D eigenvalue weighted by molar-refractivity contribution is 5.38. The van der Waals surface area contributed by atoms with Crippen LogP contribution in [0.5, 0.6) is 11.5 Å². The van der Waals surface area contributed by atoms with Crippen LogP contribution in [0.1, 0.15) is 153 Å². The van der Waals surface area contributed by atoms with Gasteiger partial charge in [0.05, 0.1) is 0 Å². The van der Waals surface area contributed by atoms with Crippen molar-refractivity contribution in [2.24, 2.45) is 0 Å². The van der Waals surface area contributed by atoms with Gasteiger partial charge in [-0.2, -0.15) is 0 Å². The number of hydrogen-bond acceptors (Lipinski definition) is 1. The molecule has 0 heterocycles. The molecule has 0 radical (unpaired) electrons. The van der Waals surface area contributed by atoms with Gasteiger partial charge in [0, 0.05) is 0 Å². The smallest absolute Gasteiger partial charge is 0.127 e. The van der Waals surface area contributed by atoms with Crippen LogP contribution in [0.25, 0.3) is 0 Å². The van der Waals surface area contributed by atoms with Crippen LogP contribution in [0.4, 0.5) is 0 Å². The Hall–Kier alpha value is -1.76. The lowest BCUT2D eigenvalue weighted by atomic mass is 9.96.